The van der Waals surface area contributed by atoms with Gasteiger partial charge in [-0.2, -0.15) is 0 Å². The molecule has 2 saturated heterocycles. The van der Waals surface area contributed by atoms with E-state index in [4.69, 9.17) is 18.7 Å². The Morgan fingerprint density at radius 2 is 1.64 bits per heavy atom. The minimum absolute atomic E-state index is 0.105. The number of esters is 2. The van der Waals surface area contributed by atoms with Gasteiger partial charge in [0, 0.05) is 24.2 Å². The van der Waals surface area contributed by atoms with Crippen molar-refractivity contribution < 1.29 is 42.4 Å². The van der Waals surface area contributed by atoms with E-state index in [-0.39, 0.29) is 17.2 Å². The number of fused-ring (bicyclic) bond motifs is 1. The summed E-state index contributed by atoms with van der Waals surface area (Å²) in [5.74, 6) is -1.07. The van der Waals surface area contributed by atoms with Gasteiger partial charge in [-0.15, -0.1) is 11.8 Å². The first-order valence-electron chi connectivity index (χ1n) is 19.4. The zero-order chi connectivity index (χ0) is 39.7. The molecule has 1 N–H and O–H groups in total. The Hall–Kier alpha value is -4.88. The van der Waals surface area contributed by atoms with Crippen LogP contribution >= 0.6 is 11.8 Å². The van der Waals surface area contributed by atoms with Gasteiger partial charge >= 0.3 is 11.9 Å². The molecule has 2 atom stereocenters. The molecule has 1 aliphatic carbocycles. The maximum absolute atomic E-state index is 14.6. The second kappa shape index (κ2) is 15.9. The Morgan fingerprint density at radius 3 is 2.20 bits per heavy atom. The van der Waals surface area contributed by atoms with Crippen LogP contribution in [0.1, 0.15) is 82.8 Å². The smallest absolute Gasteiger partial charge is 0.356 e. The largest absolute Gasteiger partial charge is 0.462 e. The van der Waals surface area contributed by atoms with Crippen molar-refractivity contribution in [3.8, 4) is 0 Å². The summed E-state index contributed by atoms with van der Waals surface area (Å²) in [6.45, 7) is 10.1. The van der Waals surface area contributed by atoms with Crippen LogP contribution in [0.25, 0.3) is 0 Å². The second-order valence-electron chi connectivity index (χ2n) is 16.7. The number of quaternary nitrogens is 1. The van der Waals surface area contributed by atoms with E-state index in [1.54, 1.807) is 32.9 Å². The van der Waals surface area contributed by atoms with E-state index in [1.165, 1.54) is 22.9 Å². The van der Waals surface area contributed by atoms with E-state index in [0.717, 1.165) is 53.5 Å². The molecular weight excluding hydrogens is 733 g/mol. The predicted molar refractivity (Wildman–Crippen MR) is 211 cm³/mol. The van der Waals surface area contributed by atoms with Crippen molar-refractivity contribution in [3.05, 3.63) is 107 Å². The van der Waals surface area contributed by atoms with Gasteiger partial charge in [0.25, 0.3) is 11.8 Å². The number of likely N-dealkylation sites (tertiary alicyclic amines) is 1. The minimum atomic E-state index is -1.33. The lowest BCUT2D eigenvalue weighted by molar-refractivity contribution is -0.910. The third-order valence-electron chi connectivity index (χ3n) is 11.1. The molecule has 2 aromatic carbocycles. The van der Waals surface area contributed by atoms with E-state index in [1.807, 2.05) is 60.7 Å². The van der Waals surface area contributed by atoms with Gasteiger partial charge in [-0.3, -0.25) is 14.5 Å². The molecule has 296 valence electrons. The molecule has 1 saturated carbocycles. The molecule has 1 aromatic heterocycles. The number of likely N-dealkylation sites (N-methyl/N-ethyl adjacent to an activating group) is 1. The van der Waals surface area contributed by atoms with Crippen molar-refractivity contribution in [2.75, 3.05) is 32.4 Å². The summed E-state index contributed by atoms with van der Waals surface area (Å²) in [7, 11) is 2.21. The van der Waals surface area contributed by atoms with Crippen LogP contribution in [0.3, 0.4) is 0 Å². The molecule has 12 nitrogen and oxygen atoms in total. The number of carbonyl (C=O) groups is 4. The molecule has 0 bridgehead atoms. The average Bonchev–Trinajstić information content (AvgIpc) is 3.69. The molecule has 4 heterocycles. The summed E-state index contributed by atoms with van der Waals surface area (Å²) >= 11 is 1.50. The molecule has 3 aromatic rings. The van der Waals surface area contributed by atoms with E-state index >= 15 is 0 Å². The Kier molecular flexibility index (Phi) is 11.2. The molecule has 0 spiro atoms. The fourth-order valence-electron chi connectivity index (χ4n) is 7.64. The van der Waals surface area contributed by atoms with Crippen LogP contribution in [0.4, 0.5) is 0 Å². The van der Waals surface area contributed by atoms with Crippen LogP contribution in [0.2, 0.25) is 0 Å². The summed E-state index contributed by atoms with van der Waals surface area (Å²) in [4.78, 5) is 63.2. The topological polar surface area (TPSA) is 137 Å². The lowest BCUT2D eigenvalue weighted by Gasteiger charge is -2.50. The fraction of sp³-hybridized carbons (Fsp3) is 0.465. The molecule has 56 heavy (non-hydrogen) atoms. The Morgan fingerprint density at radius 1 is 1.00 bits per heavy atom. The summed E-state index contributed by atoms with van der Waals surface area (Å²) < 4.78 is 18.3. The Bertz CT molecular complexity index is 1940. The summed E-state index contributed by atoms with van der Waals surface area (Å²) in [6.07, 6.45) is 4.36. The third-order valence-corrected chi connectivity index (χ3v) is 12.4. The monoisotopic (exact) mass is 783 g/mol. The van der Waals surface area contributed by atoms with E-state index in [0.29, 0.717) is 31.1 Å². The standard InChI is InChI=1S/C43H50N4O8S/c1-28-19-23-47(5,24-20-28)26-31-27-56-39-34(38(49)46(39)35(31)40(50)53-36(29-14-8-6-9-15-29)30-16-10-7-11-17-30)44-37(48)33(32-18-12-25-52-32)45-55-43(21-13-22-43)41(51)54-42(2,3)4/h6-12,14-18,25,28,34,36,39H,13,19-24,26-27H2,1-5H3/p+1/b45-33-/t28?,34-,39-,47?/m1/s1. The van der Waals surface area contributed by atoms with Gasteiger partial charge in [0.15, 0.2) is 11.9 Å². The number of furan rings is 1. The number of nitrogens with zero attached hydrogens (tertiary/aromatic N) is 3. The molecule has 13 heteroatoms. The van der Waals surface area contributed by atoms with Crippen LogP contribution in [-0.2, 0) is 33.5 Å². The first-order valence-corrected chi connectivity index (χ1v) is 20.5. The molecule has 4 aliphatic rings. The van der Waals surface area contributed by atoms with Crippen molar-refractivity contribution >= 4 is 41.2 Å². The van der Waals surface area contributed by atoms with Gasteiger partial charge in [0.05, 0.1) is 26.4 Å². The zero-order valence-electron chi connectivity index (χ0n) is 32.7. The number of ether oxygens (including phenoxy) is 2. The van der Waals surface area contributed by atoms with Crippen molar-refractivity contribution in [3.63, 3.8) is 0 Å². The van der Waals surface area contributed by atoms with Crippen LogP contribution < -0.4 is 5.32 Å². The summed E-state index contributed by atoms with van der Waals surface area (Å²) in [6, 6.07) is 21.3. The van der Waals surface area contributed by atoms with Crippen molar-refractivity contribution in [1.82, 2.24) is 10.2 Å². The molecular formula is C43H51N4O8S+. The summed E-state index contributed by atoms with van der Waals surface area (Å²) in [5, 5.41) is 6.43. The highest BCUT2D eigenvalue weighted by Crippen LogP contribution is 2.43. The number of β-lactam (4-membered cyclic amide) rings is 1. The van der Waals surface area contributed by atoms with Gasteiger partial charge in [0.1, 0.15) is 29.3 Å². The Labute approximate surface area is 332 Å². The number of thioether (sulfide) groups is 1. The molecule has 2 amide bonds. The van der Waals surface area contributed by atoms with Gasteiger partial charge in [-0.1, -0.05) is 72.7 Å². The van der Waals surface area contributed by atoms with Crippen LogP contribution in [0.15, 0.2) is 99.9 Å². The number of nitrogens with one attached hydrogen (secondary N) is 1. The van der Waals surface area contributed by atoms with Crippen LogP contribution in [0, 0.1) is 5.92 Å². The van der Waals surface area contributed by atoms with E-state index in [2.05, 4.69) is 24.4 Å². The van der Waals surface area contributed by atoms with Gasteiger partial charge in [-0.25, -0.2) is 9.59 Å². The molecule has 3 aliphatic heterocycles. The quantitative estimate of drug-likeness (QED) is 0.0757. The van der Waals surface area contributed by atoms with Gasteiger partial charge in [0.2, 0.25) is 11.3 Å². The zero-order valence-corrected chi connectivity index (χ0v) is 33.5. The third kappa shape index (κ3) is 8.29. The molecule has 7 rings (SSSR count). The van der Waals surface area contributed by atoms with Crippen molar-refractivity contribution in [1.29, 1.82) is 0 Å². The van der Waals surface area contributed by atoms with Crippen molar-refractivity contribution in [2.45, 2.75) is 88.5 Å². The van der Waals surface area contributed by atoms with Crippen LogP contribution in [-0.4, -0.2) is 93.9 Å². The highest BCUT2D eigenvalue weighted by Gasteiger charge is 2.56. The number of amides is 2. The highest BCUT2D eigenvalue weighted by atomic mass is 32.2. The number of rotatable bonds is 12. The first kappa shape index (κ1) is 39.4. The van der Waals surface area contributed by atoms with Crippen molar-refractivity contribution in [2.24, 2.45) is 11.1 Å². The number of benzene rings is 2. The van der Waals surface area contributed by atoms with Gasteiger partial charge in [-0.05, 0) is 69.2 Å². The predicted octanol–water partition coefficient (Wildman–Crippen LogP) is 6.13. The Balaban J connectivity index is 1.15. The lowest BCUT2D eigenvalue weighted by atomic mass is 9.80. The normalized spacial score (nSPS) is 24.8. The molecule has 0 unspecified atom stereocenters. The minimum Gasteiger partial charge on any atom is -0.462 e. The number of hydrogen-bond donors (Lipinski definition) is 1. The maximum atomic E-state index is 14.6. The van der Waals surface area contributed by atoms with Gasteiger partial charge < -0.3 is 28.5 Å². The molecule has 0 radical (unpaired) electrons. The average molecular weight is 784 g/mol. The lowest BCUT2D eigenvalue weighted by Crippen LogP contribution is -2.71. The maximum Gasteiger partial charge on any atom is 0.356 e. The first-order chi connectivity index (χ1) is 26.8. The SMILES string of the molecule is CC1CC[N+](C)(CC2=C(C(=O)OC(c3ccccc3)c3ccccc3)N3C(=O)[C@@H](NC(=O)/C(=N\OC4(C(=O)OC(C)(C)C)CCC4)c4ccco4)[C@H]3SC2)CC1. The van der Waals surface area contributed by atoms with Crippen LogP contribution in [0.5, 0.6) is 0 Å². The number of piperidine rings is 1. The second-order valence-corrected chi connectivity index (χ2v) is 17.8. The molecule has 3 fully saturated rings. The fourth-order valence-corrected chi connectivity index (χ4v) is 8.97. The summed E-state index contributed by atoms with van der Waals surface area (Å²) in [5.41, 5.74) is 0.421. The number of carbonyl (C=O) groups excluding carboxylic acids is 4. The number of hydrogen-bond acceptors (Lipinski definition) is 10. The number of oxime groups is 1. The van der Waals surface area contributed by atoms with E-state index in [9.17, 15) is 19.2 Å². The highest BCUT2D eigenvalue weighted by molar-refractivity contribution is 8.00. The van der Waals surface area contributed by atoms with E-state index < -0.39 is 52.5 Å².